The Bertz CT molecular complexity index is 567. The van der Waals surface area contributed by atoms with Gasteiger partial charge in [-0.25, -0.2) is 4.98 Å². The number of anilines is 1. The van der Waals surface area contributed by atoms with Crippen LogP contribution < -0.4 is 16.4 Å². The second kappa shape index (κ2) is 6.39. The zero-order valence-corrected chi connectivity index (χ0v) is 13.4. The Morgan fingerprint density at radius 2 is 2.00 bits per heavy atom. The van der Waals surface area contributed by atoms with Crippen LogP contribution in [0.25, 0.3) is 0 Å². The van der Waals surface area contributed by atoms with Gasteiger partial charge in [0.1, 0.15) is 10.8 Å². The van der Waals surface area contributed by atoms with Crippen LogP contribution in [0.2, 0.25) is 0 Å². The zero-order valence-electron chi connectivity index (χ0n) is 12.6. The average molecular weight is 306 g/mol. The first kappa shape index (κ1) is 15.7. The van der Waals surface area contributed by atoms with Gasteiger partial charge in [0.05, 0.1) is 12.1 Å². The minimum absolute atomic E-state index is 0.149. The highest BCUT2D eigenvalue weighted by atomic mass is 32.1. The SMILES string of the molecule is Cc1cc(C)c(C(N)=S)c(N(CC(N)=O)C2CCCC2)n1. The smallest absolute Gasteiger partial charge is 0.237 e. The van der Waals surface area contributed by atoms with Crippen molar-refractivity contribution < 1.29 is 4.79 Å². The number of amides is 1. The molecule has 1 saturated carbocycles. The van der Waals surface area contributed by atoms with Crippen LogP contribution in [0.3, 0.4) is 0 Å². The molecule has 5 nitrogen and oxygen atoms in total. The van der Waals surface area contributed by atoms with E-state index in [1.54, 1.807) is 0 Å². The molecule has 1 aromatic rings. The molecule has 0 aromatic carbocycles. The first-order valence-corrected chi connectivity index (χ1v) is 7.64. The number of nitrogens with zero attached hydrogens (tertiary/aromatic N) is 2. The number of aromatic nitrogens is 1. The van der Waals surface area contributed by atoms with E-state index in [2.05, 4.69) is 4.98 Å². The molecule has 4 N–H and O–H groups in total. The molecule has 0 radical (unpaired) electrons. The molecule has 6 heteroatoms. The zero-order chi connectivity index (χ0) is 15.6. The highest BCUT2D eigenvalue weighted by Gasteiger charge is 2.28. The predicted octanol–water partition coefficient (Wildman–Crippen LogP) is 1.57. The Balaban J connectivity index is 2.52. The Morgan fingerprint density at radius 1 is 1.38 bits per heavy atom. The second-order valence-corrected chi connectivity index (χ2v) is 6.12. The summed E-state index contributed by atoms with van der Waals surface area (Å²) in [5.74, 6) is 0.336. The standard InChI is InChI=1S/C15H22N4OS/c1-9-7-10(2)18-15(13(9)14(17)21)19(8-12(16)20)11-5-3-4-6-11/h7,11H,3-6,8H2,1-2H3,(H2,16,20)(H2,17,21). The van der Waals surface area contributed by atoms with Crippen LogP contribution in [0.5, 0.6) is 0 Å². The number of hydrogen-bond donors (Lipinski definition) is 2. The molecule has 1 aliphatic carbocycles. The van der Waals surface area contributed by atoms with Crippen LogP contribution in [-0.4, -0.2) is 28.5 Å². The fourth-order valence-electron chi connectivity index (χ4n) is 3.09. The van der Waals surface area contributed by atoms with Gasteiger partial charge in [-0.1, -0.05) is 25.1 Å². The second-order valence-electron chi connectivity index (χ2n) is 5.68. The number of nitrogens with two attached hydrogens (primary N) is 2. The number of carbonyl (C=O) groups is 1. The van der Waals surface area contributed by atoms with Crippen molar-refractivity contribution in [2.75, 3.05) is 11.4 Å². The van der Waals surface area contributed by atoms with Gasteiger partial charge in [0.2, 0.25) is 5.91 Å². The number of rotatable bonds is 5. The lowest BCUT2D eigenvalue weighted by Gasteiger charge is -2.31. The van der Waals surface area contributed by atoms with Gasteiger partial charge in [0, 0.05) is 11.7 Å². The van der Waals surface area contributed by atoms with Crippen molar-refractivity contribution >= 4 is 28.9 Å². The van der Waals surface area contributed by atoms with E-state index in [1.807, 2.05) is 24.8 Å². The number of aryl methyl sites for hydroxylation is 2. The molecule has 114 valence electrons. The van der Waals surface area contributed by atoms with E-state index in [1.165, 1.54) is 0 Å². The van der Waals surface area contributed by atoms with Gasteiger partial charge in [0.25, 0.3) is 0 Å². The Morgan fingerprint density at radius 3 is 2.52 bits per heavy atom. The fourth-order valence-corrected chi connectivity index (χ4v) is 3.34. The summed E-state index contributed by atoms with van der Waals surface area (Å²) in [5, 5.41) is 0. The van der Waals surface area contributed by atoms with Crippen LogP contribution in [0.1, 0.15) is 42.5 Å². The molecule has 0 aliphatic heterocycles. The van der Waals surface area contributed by atoms with Crippen molar-refractivity contribution in [1.82, 2.24) is 4.98 Å². The van der Waals surface area contributed by atoms with E-state index in [9.17, 15) is 4.79 Å². The fraction of sp³-hybridized carbons (Fsp3) is 0.533. The lowest BCUT2D eigenvalue weighted by molar-refractivity contribution is -0.116. The van der Waals surface area contributed by atoms with Crippen LogP contribution in [-0.2, 0) is 4.79 Å². The number of pyridine rings is 1. The van der Waals surface area contributed by atoms with Gasteiger partial charge in [-0.3, -0.25) is 4.79 Å². The van der Waals surface area contributed by atoms with E-state index >= 15 is 0 Å². The van der Waals surface area contributed by atoms with Gasteiger partial charge >= 0.3 is 0 Å². The summed E-state index contributed by atoms with van der Waals surface area (Å²) in [6, 6.07) is 2.23. The van der Waals surface area contributed by atoms with E-state index in [4.69, 9.17) is 23.7 Å². The van der Waals surface area contributed by atoms with Crippen molar-refractivity contribution in [1.29, 1.82) is 0 Å². The van der Waals surface area contributed by atoms with Crippen molar-refractivity contribution in [3.05, 3.63) is 22.9 Å². The number of thiocarbonyl (C=S) groups is 1. The maximum atomic E-state index is 11.5. The summed E-state index contributed by atoms with van der Waals surface area (Å²) in [6.07, 6.45) is 4.40. The molecule has 1 fully saturated rings. The summed E-state index contributed by atoms with van der Waals surface area (Å²) in [7, 11) is 0. The summed E-state index contributed by atoms with van der Waals surface area (Å²) < 4.78 is 0. The molecule has 0 spiro atoms. The minimum atomic E-state index is -0.364. The molecular formula is C15H22N4OS. The number of hydrogen-bond acceptors (Lipinski definition) is 4. The third-order valence-corrected chi connectivity index (χ3v) is 4.14. The van der Waals surface area contributed by atoms with Crippen LogP contribution in [0.4, 0.5) is 5.82 Å². The Kier molecular flexibility index (Phi) is 4.77. The molecule has 2 rings (SSSR count). The van der Waals surface area contributed by atoms with Crippen LogP contribution in [0.15, 0.2) is 6.07 Å². The Labute approximate surface area is 130 Å². The number of primary amides is 1. The lowest BCUT2D eigenvalue weighted by atomic mass is 10.1. The third-order valence-electron chi connectivity index (χ3n) is 3.94. The van der Waals surface area contributed by atoms with E-state index in [0.29, 0.717) is 10.8 Å². The molecule has 0 saturated heterocycles. The van der Waals surface area contributed by atoms with Crippen LogP contribution >= 0.6 is 12.2 Å². The molecule has 1 aromatic heterocycles. The maximum absolute atomic E-state index is 11.5. The third kappa shape index (κ3) is 3.50. The van der Waals surface area contributed by atoms with Gasteiger partial charge in [-0.05, 0) is 38.3 Å². The van der Waals surface area contributed by atoms with Gasteiger partial charge < -0.3 is 16.4 Å². The van der Waals surface area contributed by atoms with Crippen molar-refractivity contribution in [2.45, 2.75) is 45.6 Å². The van der Waals surface area contributed by atoms with Crippen molar-refractivity contribution in [3.63, 3.8) is 0 Å². The summed E-state index contributed by atoms with van der Waals surface area (Å²) >= 11 is 5.18. The molecule has 21 heavy (non-hydrogen) atoms. The maximum Gasteiger partial charge on any atom is 0.237 e. The Hall–Kier alpha value is -1.69. The van der Waals surface area contributed by atoms with Crippen LogP contribution in [0, 0.1) is 13.8 Å². The molecule has 0 unspecified atom stereocenters. The van der Waals surface area contributed by atoms with E-state index in [-0.39, 0.29) is 18.5 Å². The highest BCUT2D eigenvalue weighted by molar-refractivity contribution is 7.80. The van der Waals surface area contributed by atoms with Crippen molar-refractivity contribution in [2.24, 2.45) is 11.5 Å². The first-order valence-electron chi connectivity index (χ1n) is 7.23. The molecular weight excluding hydrogens is 284 g/mol. The summed E-state index contributed by atoms with van der Waals surface area (Å²) in [5.41, 5.74) is 13.9. The summed E-state index contributed by atoms with van der Waals surface area (Å²) in [6.45, 7) is 4.04. The van der Waals surface area contributed by atoms with Gasteiger partial charge in [-0.15, -0.1) is 0 Å². The normalized spacial score (nSPS) is 15.1. The van der Waals surface area contributed by atoms with Crippen molar-refractivity contribution in [3.8, 4) is 0 Å². The minimum Gasteiger partial charge on any atom is -0.389 e. The van der Waals surface area contributed by atoms with E-state index in [0.717, 1.165) is 42.5 Å². The average Bonchev–Trinajstić information content (AvgIpc) is 2.87. The highest BCUT2D eigenvalue weighted by Crippen LogP contribution is 2.30. The first-order chi connectivity index (χ1) is 9.90. The predicted molar refractivity (Wildman–Crippen MR) is 88.4 cm³/mol. The molecule has 1 amide bonds. The largest absolute Gasteiger partial charge is 0.389 e. The lowest BCUT2D eigenvalue weighted by Crippen LogP contribution is -2.42. The number of carbonyl (C=O) groups excluding carboxylic acids is 1. The molecule has 1 heterocycles. The van der Waals surface area contributed by atoms with Gasteiger partial charge in [-0.2, -0.15) is 0 Å². The molecule has 1 aliphatic rings. The monoisotopic (exact) mass is 306 g/mol. The molecule has 0 atom stereocenters. The quantitative estimate of drug-likeness (QED) is 0.807. The molecule has 0 bridgehead atoms. The summed E-state index contributed by atoms with van der Waals surface area (Å²) in [4.78, 5) is 18.4. The van der Waals surface area contributed by atoms with E-state index < -0.39 is 0 Å². The topological polar surface area (TPSA) is 85.2 Å². The van der Waals surface area contributed by atoms with Gasteiger partial charge in [0.15, 0.2) is 0 Å².